The highest BCUT2D eigenvalue weighted by atomic mass is 35.5. The molecule has 0 spiro atoms. The van der Waals surface area contributed by atoms with Crippen LogP contribution in [0, 0.1) is 5.92 Å². The Bertz CT molecular complexity index is 408. The van der Waals surface area contributed by atoms with Gasteiger partial charge in [0.15, 0.2) is 0 Å². The molecule has 2 heterocycles. The van der Waals surface area contributed by atoms with Gasteiger partial charge in [-0.2, -0.15) is 0 Å². The lowest BCUT2D eigenvalue weighted by atomic mass is 9.96. The number of rotatable bonds is 4. The van der Waals surface area contributed by atoms with Crippen LogP contribution < -0.4 is 5.73 Å². The molecule has 106 valence electrons. The van der Waals surface area contributed by atoms with E-state index in [1.165, 1.54) is 32.1 Å². The lowest BCUT2D eigenvalue weighted by Crippen LogP contribution is -2.25. The largest absolute Gasteiger partial charge is 0.384 e. The molecule has 1 aliphatic rings. The molecule has 3 nitrogen and oxygen atoms in total. The van der Waals surface area contributed by atoms with Crippen LogP contribution in [0.3, 0.4) is 0 Å². The van der Waals surface area contributed by atoms with Crippen molar-refractivity contribution in [2.75, 3.05) is 18.8 Å². The molecule has 1 aromatic rings. The molecule has 1 aliphatic heterocycles. The smallest absolute Gasteiger partial charge is 0.123 e. The zero-order chi connectivity index (χ0) is 13.7. The normalized spacial score (nSPS) is 21.3. The van der Waals surface area contributed by atoms with Crippen molar-refractivity contribution in [3.63, 3.8) is 0 Å². The summed E-state index contributed by atoms with van der Waals surface area (Å²) in [6.45, 7) is 5.40. The van der Waals surface area contributed by atoms with Crippen molar-refractivity contribution in [2.45, 2.75) is 45.6 Å². The summed E-state index contributed by atoms with van der Waals surface area (Å²) in [5.41, 5.74) is 6.65. The third-order valence-electron chi connectivity index (χ3n) is 3.95. The van der Waals surface area contributed by atoms with Gasteiger partial charge in [0.2, 0.25) is 0 Å². The SMILES string of the molecule is CCCC1CCCN(Cc2nc(N)ccc2Cl)CC1. The topological polar surface area (TPSA) is 42.2 Å². The number of anilines is 1. The number of aromatic nitrogens is 1. The van der Waals surface area contributed by atoms with E-state index in [2.05, 4.69) is 16.8 Å². The Morgan fingerprint density at radius 2 is 2.21 bits per heavy atom. The van der Waals surface area contributed by atoms with E-state index in [1.807, 2.05) is 6.07 Å². The second kappa shape index (κ2) is 7.11. The molecule has 0 aromatic carbocycles. The lowest BCUT2D eigenvalue weighted by molar-refractivity contribution is 0.268. The molecule has 1 unspecified atom stereocenters. The second-order valence-corrected chi connectivity index (χ2v) is 5.93. The molecular formula is C15H24ClN3. The zero-order valence-corrected chi connectivity index (χ0v) is 12.5. The maximum Gasteiger partial charge on any atom is 0.123 e. The van der Waals surface area contributed by atoms with Gasteiger partial charge in [0, 0.05) is 6.54 Å². The van der Waals surface area contributed by atoms with Gasteiger partial charge in [0.1, 0.15) is 5.82 Å². The summed E-state index contributed by atoms with van der Waals surface area (Å²) in [6.07, 6.45) is 6.61. The fourth-order valence-electron chi connectivity index (χ4n) is 2.90. The first-order valence-electron chi connectivity index (χ1n) is 7.32. The van der Waals surface area contributed by atoms with Crippen molar-refractivity contribution in [3.8, 4) is 0 Å². The molecular weight excluding hydrogens is 258 g/mol. The standard InChI is InChI=1S/C15H24ClN3/c1-2-4-12-5-3-9-19(10-8-12)11-14-13(16)6-7-15(17)18-14/h6-7,12H,2-5,8-11H2,1H3,(H2,17,18). The monoisotopic (exact) mass is 281 g/mol. The molecule has 0 saturated carbocycles. The fraction of sp³-hybridized carbons (Fsp3) is 0.667. The predicted molar refractivity (Wildman–Crippen MR) is 81.2 cm³/mol. The number of nitrogens with zero attached hydrogens (tertiary/aromatic N) is 2. The van der Waals surface area contributed by atoms with Gasteiger partial charge in [-0.1, -0.05) is 31.4 Å². The molecule has 0 bridgehead atoms. The van der Waals surface area contributed by atoms with Gasteiger partial charge in [-0.15, -0.1) is 0 Å². The number of nitrogen functional groups attached to an aromatic ring is 1. The van der Waals surface area contributed by atoms with Crippen LogP contribution >= 0.6 is 11.6 Å². The summed E-state index contributed by atoms with van der Waals surface area (Å²) in [4.78, 5) is 6.82. The molecule has 0 radical (unpaired) electrons. The van der Waals surface area contributed by atoms with Crippen LogP contribution in [0.4, 0.5) is 5.82 Å². The first-order chi connectivity index (χ1) is 9.19. The minimum Gasteiger partial charge on any atom is -0.384 e. The molecule has 19 heavy (non-hydrogen) atoms. The molecule has 1 saturated heterocycles. The number of hydrogen-bond donors (Lipinski definition) is 1. The Kier molecular flexibility index (Phi) is 5.46. The average Bonchev–Trinajstić information content (AvgIpc) is 2.60. The quantitative estimate of drug-likeness (QED) is 0.915. The van der Waals surface area contributed by atoms with E-state index in [1.54, 1.807) is 6.07 Å². The zero-order valence-electron chi connectivity index (χ0n) is 11.7. The Balaban J connectivity index is 1.94. The molecule has 0 aliphatic carbocycles. The second-order valence-electron chi connectivity index (χ2n) is 5.53. The number of nitrogens with two attached hydrogens (primary N) is 1. The van der Waals surface area contributed by atoms with Gasteiger partial charge in [-0.05, 0) is 50.4 Å². The average molecular weight is 282 g/mol. The highest BCUT2D eigenvalue weighted by molar-refractivity contribution is 6.31. The third-order valence-corrected chi connectivity index (χ3v) is 4.29. The van der Waals surface area contributed by atoms with Gasteiger partial charge < -0.3 is 5.73 Å². The fourth-order valence-corrected chi connectivity index (χ4v) is 3.07. The lowest BCUT2D eigenvalue weighted by Gasteiger charge is -2.20. The van der Waals surface area contributed by atoms with Gasteiger partial charge in [0.25, 0.3) is 0 Å². The van der Waals surface area contributed by atoms with Gasteiger partial charge in [-0.3, -0.25) is 4.90 Å². The number of hydrogen-bond acceptors (Lipinski definition) is 3. The van der Waals surface area contributed by atoms with Crippen molar-refractivity contribution in [1.82, 2.24) is 9.88 Å². The Morgan fingerprint density at radius 3 is 3.00 bits per heavy atom. The van der Waals surface area contributed by atoms with E-state index < -0.39 is 0 Å². The molecule has 1 atom stereocenters. The number of pyridine rings is 1. The predicted octanol–water partition coefficient (Wildman–Crippen LogP) is 3.72. The highest BCUT2D eigenvalue weighted by Gasteiger charge is 2.17. The van der Waals surface area contributed by atoms with Crippen LogP contribution in [0.1, 0.15) is 44.7 Å². The van der Waals surface area contributed by atoms with E-state index in [-0.39, 0.29) is 0 Å². The van der Waals surface area contributed by atoms with Crippen molar-refractivity contribution in [2.24, 2.45) is 5.92 Å². The minimum absolute atomic E-state index is 0.554. The Hall–Kier alpha value is -0.800. The van der Waals surface area contributed by atoms with Crippen LogP contribution in [0.5, 0.6) is 0 Å². The molecule has 2 N–H and O–H groups in total. The number of halogens is 1. The summed E-state index contributed by atoms with van der Waals surface area (Å²) < 4.78 is 0. The van der Waals surface area contributed by atoms with Crippen LogP contribution in [0.15, 0.2) is 12.1 Å². The summed E-state index contributed by atoms with van der Waals surface area (Å²) in [7, 11) is 0. The van der Waals surface area contributed by atoms with Crippen LogP contribution in [0.25, 0.3) is 0 Å². The van der Waals surface area contributed by atoms with Gasteiger partial charge >= 0.3 is 0 Å². The van der Waals surface area contributed by atoms with Crippen molar-refractivity contribution < 1.29 is 0 Å². The van der Waals surface area contributed by atoms with Gasteiger partial charge in [-0.25, -0.2) is 4.98 Å². The number of likely N-dealkylation sites (tertiary alicyclic amines) is 1. The van der Waals surface area contributed by atoms with Crippen molar-refractivity contribution in [1.29, 1.82) is 0 Å². The van der Waals surface area contributed by atoms with Crippen molar-refractivity contribution in [3.05, 3.63) is 22.8 Å². The molecule has 4 heteroatoms. The first-order valence-corrected chi connectivity index (χ1v) is 7.70. The third kappa shape index (κ3) is 4.36. The van der Waals surface area contributed by atoms with Crippen LogP contribution in [-0.2, 0) is 6.54 Å². The van der Waals surface area contributed by atoms with E-state index in [4.69, 9.17) is 17.3 Å². The van der Waals surface area contributed by atoms with E-state index >= 15 is 0 Å². The Morgan fingerprint density at radius 1 is 1.37 bits per heavy atom. The minimum atomic E-state index is 0.554. The highest BCUT2D eigenvalue weighted by Crippen LogP contribution is 2.24. The molecule has 0 amide bonds. The Labute approximate surface area is 121 Å². The van der Waals surface area contributed by atoms with E-state index in [9.17, 15) is 0 Å². The molecule has 1 fully saturated rings. The molecule has 2 rings (SSSR count). The maximum absolute atomic E-state index is 6.19. The molecule has 1 aromatic heterocycles. The summed E-state index contributed by atoms with van der Waals surface area (Å²) >= 11 is 6.19. The maximum atomic E-state index is 6.19. The van der Waals surface area contributed by atoms with Crippen LogP contribution in [-0.4, -0.2) is 23.0 Å². The van der Waals surface area contributed by atoms with E-state index in [0.29, 0.717) is 5.82 Å². The van der Waals surface area contributed by atoms with Crippen LogP contribution in [0.2, 0.25) is 5.02 Å². The van der Waals surface area contributed by atoms with Gasteiger partial charge in [0.05, 0.1) is 10.7 Å². The van der Waals surface area contributed by atoms with Crippen molar-refractivity contribution >= 4 is 17.4 Å². The summed E-state index contributed by atoms with van der Waals surface area (Å²) in [5.74, 6) is 1.46. The van der Waals surface area contributed by atoms with E-state index in [0.717, 1.165) is 36.3 Å². The summed E-state index contributed by atoms with van der Waals surface area (Å²) in [6, 6.07) is 3.60. The first kappa shape index (κ1) is 14.6. The summed E-state index contributed by atoms with van der Waals surface area (Å²) in [5, 5.41) is 0.726.